The highest BCUT2D eigenvalue weighted by Gasteiger charge is 1.94. The van der Waals surface area contributed by atoms with E-state index < -0.39 is 0 Å². The summed E-state index contributed by atoms with van der Waals surface area (Å²) in [6, 6.07) is 15.8. The zero-order valence-electron chi connectivity index (χ0n) is 15.4. The minimum absolute atomic E-state index is 0.699. The number of anilines is 1. The molecule has 2 rings (SSSR count). The Labute approximate surface area is 148 Å². The summed E-state index contributed by atoms with van der Waals surface area (Å²) in [5.41, 5.74) is 4.23. The molecule has 0 unspecified atom stereocenters. The Kier molecular flexibility index (Phi) is 21.7. The Morgan fingerprint density at radius 1 is 0.792 bits per heavy atom. The van der Waals surface area contributed by atoms with E-state index in [0.29, 0.717) is 5.56 Å². The van der Waals surface area contributed by atoms with E-state index in [0.717, 1.165) is 12.0 Å². The van der Waals surface area contributed by atoms with Gasteiger partial charge >= 0.3 is 0 Å². The SMILES string of the molecule is C#C.C#C.CC.CNc1ccccc1C=O.Cc1ccc(C)cc1. The maximum absolute atomic E-state index is 10.3. The maximum atomic E-state index is 10.3. The summed E-state index contributed by atoms with van der Waals surface area (Å²) < 4.78 is 0. The summed E-state index contributed by atoms with van der Waals surface area (Å²) in [4.78, 5) is 10.3. The second kappa shape index (κ2) is 20.0. The second-order valence-corrected chi connectivity index (χ2v) is 4.11. The van der Waals surface area contributed by atoms with Gasteiger partial charge in [-0.25, -0.2) is 0 Å². The van der Waals surface area contributed by atoms with Crippen molar-refractivity contribution >= 4 is 12.0 Å². The Hall–Kier alpha value is -2.97. The fraction of sp³-hybridized carbons (Fsp3) is 0.227. The van der Waals surface area contributed by atoms with Gasteiger partial charge in [-0.3, -0.25) is 4.79 Å². The molecule has 2 heteroatoms. The molecule has 24 heavy (non-hydrogen) atoms. The first-order chi connectivity index (χ1) is 11.7. The van der Waals surface area contributed by atoms with Crippen LogP contribution >= 0.6 is 0 Å². The number of terminal acetylenes is 2. The van der Waals surface area contributed by atoms with E-state index in [1.54, 1.807) is 13.1 Å². The fourth-order valence-corrected chi connectivity index (χ4v) is 1.46. The molecule has 0 aliphatic carbocycles. The summed E-state index contributed by atoms with van der Waals surface area (Å²) in [7, 11) is 1.79. The van der Waals surface area contributed by atoms with Crippen molar-refractivity contribution in [3.8, 4) is 25.7 Å². The monoisotopic (exact) mass is 323 g/mol. The van der Waals surface area contributed by atoms with Crippen LogP contribution in [-0.2, 0) is 0 Å². The number of carbonyl (C=O) groups is 1. The van der Waals surface area contributed by atoms with Crippen molar-refractivity contribution in [2.24, 2.45) is 0 Å². The molecular formula is C22H29NO. The number of hydrogen-bond acceptors (Lipinski definition) is 2. The molecule has 0 saturated carbocycles. The lowest BCUT2D eigenvalue weighted by Gasteiger charge is -2.00. The van der Waals surface area contributed by atoms with Crippen molar-refractivity contribution < 1.29 is 4.79 Å². The Morgan fingerprint density at radius 2 is 1.17 bits per heavy atom. The highest BCUT2D eigenvalue weighted by molar-refractivity contribution is 5.83. The minimum Gasteiger partial charge on any atom is -0.388 e. The maximum Gasteiger partial charge on any atom is 0.152 e. The third-order valence-corrected chi connectivity index (χ3v) is 2.58. The molecule has 2 aromatic rings. The molecule has 0 amide bonds. The standard InChI is InChI=1S/C8H9NO.C8H10.C2H6.2C2H2/c1-9-8-5-3-2-4-7(8)6-10;1-7-3-5-8(2)6-4-7;3*1-2/h2-6,9H,1H3;3-6H,1-2H3;1-2H3;2*1-2H. The van der Waals surface area contributed by atoms with Gasteiger partial charge in [-0.2, -0.15) is 0 Å². The second-order valence-electron chi connectivity index (χ2n) is 4.11. The Morgan fingerprint density at radius 3 is 1.46 bits per heavy atom. The van der Waals surface area contributed by atoms with Gasteiger partial charge < -0.3 is 5.32 Å². The van der Waals surface area contributed by atoms with Gasteiger partial charge in [0.05, 0.1) is 0 Å². The van der Waals surface area contributed by atoms with Crippen LogP contribution < -0.4 is 5.32 Å². The van der Waals surface area contributed by atoms with Crippen molar-refractivity contribution in [2.45, 2.75) is 27.7 Å². The van der Waals surface area contributed by atoms with E-state index in [-0.39, 0.29) is 0 Å². The van der Waals surface area contributed by atoms with Crippen LogP contribution in [0.1, 0.15) is 35.3 Å². The van der Waals surface area contributed by atoms with Crippen molar-refractivity contribution in [3.05, 3.63) is 65.2 Å². The molecule has 0 aliphatic heterocycles. The number of aldehydes is 1. The smallest absolute Gasteiger partial charge is 0.152 e. The van der Waals surface area contributed by atoms with Crippen molar-refractivity contribution in [1.82, 2.24) is 0 Å². The van der Waals surface area contributed by atoms with E-state index in [1.165, 1.54) is 11.1 Å². The van der Waals surface area contributed by atoms with Crippen molar-refractivity contribution in [3.63, 3.8) is 0 Å². The van der Waals surface area contributed by atoms with Gasteiger partial charge in [0.2, 0.25) is 0 Å². The van der Waals surface area contributed by atoms with E-state index >= 15 is 0 Å². The molecule has 2 aromatic carbocycles. The third kappa shape index (κ3) is 12.7. The van der Waals surface area contributed by atoms with E-state index in [2.05, 4.69) is 69.1 Å². The normalized spacial score (nSPS) is 7.21. The van der Waals surface area contributed by atoms with E-state index in [9.17, 15) is 4.79 Å². The molecule has 0 aliphatic rings. The van der Waals surface area contributed by atoms with Gasteiger partial charge in [0.1, 0.15) is 0 Å². The summed E-state index contributed by atoms with van der Waals surface area (Å²) in [6.07, 6.45) is 16.8. The molecule has 0 bridgehead atoms. The molecule has 0 aromatic heterocycles. The van der Waals surface area contributed by atoms with E-state index in [1.807, 2.05) is 32.0 Å². The lowest BCUT2D eigenvalue weighted by molar-refractivity contribution is 0.112. The van der Waals surface area contributed by atoms with Crippen LogP contribution in [0.5, 0.6) is 0 Å². The summed E-state index contributed by atoms with van der Waals surface area (Å²) in [6.45, 7) is 8.19. The molecule has 0 atom stereocenters. The molecule has 0 heterocycles. The highest BCUT2D eigenvalue weighted by atomic mass is 16.1. The van der Waals surface area contributed by atoms with Gasteiger partial charge in [0.15, 0.2) is 6.29 Å². The zero-order valence-corrected chi connectivity index (χ0v) is 15.4. The number of hydrogen-bond donors (Lipinski definition) is 1. The molecule has 0 saturated heterocycles. The first-order valence-corrected chi connectivity index (χ1v) is 7.59. The summed E-state index contributed by atoms with van der Waals surface area (Å²) in [5.74, 6) is 0. The van der Waals surface area contributed by atoms with Gasteiger partial charge in [-0.05, 0) is 26.0 Å². The Balaban J connectivity index is -0.000000284. The lowest BCUT2D eigenvalue weighted by atomic mass is 10.2. The Bertz CT molecular complexity index is 538. The van der Waals surface area contributed by atoms with Gasteiger partial charge in [-0.1, -0.05) is 61.4 Å². The number of rotatable bonds is 2. The third-order valence-electron chi connectivity index (χ3n) is 2.58. The van der Waals surface area contributed by atoms with Gasteiger partial charge in [0.25, 0.3) is 0 Å². The first kappa shape index (κ1) is 26.0. The molecule has 1 N–H and O–H groups in total. The molecule has 0 spiro atoms. The van der Waals surface area contributed by atoms with Crippen LogP contribution in [0.3, 0.4) is 0 Å². The predicted octanol–water partition coefficient (Wildman–Crippen LogP) is 5.37. The van der Waals surface area contributed by atoms with Crippen LogP contribution in [-0.4, -0.2) is 13.3 Å². The number of nitrogens with one attached hydrogen (secondary N) is 1. The van der Waals surface area contributed by atoms with Gasteiger partial charge in [-0.15, -0.1) is 25.7 Å². The minimum atomic E-state index is 0.699. The number of benzene rings is 2. The predicted molar refractivity (Wildman–Crippen MR) is 108 cm³/mol. The number of aryl methyl sites for hydroxylation is 2. The highest BCUT2D eigenvalue weighted by Crippen LogP contribution is 2.10. The van der Waals surface area contributed by atoms with Crippen LogP contribution in [0.4, 0.5) is 5.69 Å². The van der Waals surface area contributed by atoms with Crippen LogP contribution in [0.15, 0.2) is 48.5 Å². The molecular weight excluding hydrogens is 294 g/mol. The molecule has 2 nitrogen and oxygen atoms in total. The van der Waals surface area contributed by atoms with Crippen LogP contribution in [0, 0.1) is 39.5 Å². The first-order valence-electron chi connectivity index (χ1n) is 7.59. The average molecular weight is 323 g/mol. The van der Waals surface area contributed by atoms with Crippen molar-refractivity contribution in [1.29, 1.82) is 0 Å². The zero-order chi connectivity index (χ0) is 19.4. The lowest BCUT2D eigenvalue weighted by Crippen LogP contribution is -1.92. The molecule has 0 fully saturated rings. The fourth-order valence-electron chi connectivity index (χ4n) is 1.46. The van der Waals surface area contributed by atoms with Crippen molar-refractivity contribution in [2.75, 3.05) is 12.4 Å². The average Bonchev–Trinajstić information content (AvgIpc) is 2.69. The van der Waals surface area contributed by atoms with Gasteiger partial charge in [0, 0.05) is 18.3 Å². The quantitative estimate of drug-likeness (QED) is 0.594. The van der Waals surface area contributed by atoms with Crippen LogP contribution in [0.2, 0.25) is 0 Å². The molecule has 128 valence electrons. The largest absolute Gasteiger partial charge is 0.388 e. The topological polar surface area (TPSA) is 29.1 Å². The van der Waals surface area contributed by atoms with E-state index in [4.69, 9.17) is 0 Å². The number of para-hydroxylation sites is 1. The number of carbonyl (C=O) groups excluding carboxylic acids is 1. The summed E-state index contributed by atoms with van der Waals surface area (Å²) >= 11 is 0. The van der Waals surface area contributed by atoms with Crippen LogP contribution in [0.25, 0.3) is 0 Å². The molecule has 0 radical (unpaired) electrons. The summed E-state index contributed by atoms with van der Waals surface area (Å²) in [5, 5.41) is 2.92.